The molecule has 2 rings (SSSR count). The number of hydrogen-bond acceptors (Lipinski definition) is 6. The summed E-state index contributed by atoms with van der Waals surface area (Å²) in [5, 5.41) is 4.07. The molecule has 1 aliphatic rings. The molecule has 1 saturated heterocycles. The van der Waals surface area contributed by atoms with E-state index < -0.39 is 0 Å². The van der Waals surface area contributed by atoms with Crippen LogP contribution in [-0.2, 0) is 4.74 Å². The molecule has 0 unspecified atom stereocenters. The van der Waals surface area contributed by atoms with E-state index in [0.717, 1.165) is 56.1 Å². The predicted molar refractivity (Wildman–Crippen MR) is 75.6 cm³/mol. The van der Waals surface area contributed by atoms with Gasteiger partial charge in [-0.05, 0) is 19.6 Å². The molecule has 0 aliphatic carbocycles. The lowest BCUT2D eigenvalue weighted by atomic mass is 10.4. The van der Waals surface area contributed by atoms with E-state index in [0.29, 0.717) is 0 Å². The zero-order valence-corrected chi connectivity index (χ0v) is 11.8. The molecule has 1 aromatic heterocycles. The number of anilines is 2. The monoisotopic (exact) mass is 268 g/mol. The molecule has 18 heavy (non-hydrogen) atoms. The number of ether oxygens (including phenoxy) is 1. The first kappa shape index (κ1) is 13.4. The van der Waals surface area contributed by atoms with Crippen LogP contribution in [-0.4, -0.2) is 49.1 Å². The summed E-state index contributed by atoms with van der Waals surface area (Å²) < 4.78 is 5.47. The molecule has 0 atom stereocenters. The van der Waals surface area contributed by atoms with E-state index in [1.165, 1.54) is 0 Å². The molecule has 0 saturated carbocycles. The van der Waals surface area contributed by atoms with Crippen molar-refractivity contribution in [2.75, 3.05) is 49.3 Å². The second-order valence-corrected chi connectivity index (χ2v) is 4.85. The van der Waals surface area contributed by atoms with Gasteiger partial charge in [0, 0.05) is 32.3 Å². The first-order chi connectivity index (χ1) is 8.83. The molecule has 0 spiro atoms. The van der Waals surface area contributed by atoms with Crippen LogP contribution in [0.5, 0.6) is 0 Å². The highest BCUT2D eigenvalue weighted by Crippen LogP contribution is 2.21. The third-order valence-electron chi connectivity index (χ3n) is 2.78. The van der Waals surface area contributed by atoms with Gasteiger partial charge < -0.3 is 15.0 Å². The van der Waals surface area contributed by atoms with Crippen molar-refractivity contribution >= 4 is 23.4 Å². The van der Waals surface area contributed by atoms with Gasteiger partial charge in [-0.25, -0.2) is 9.97 Å². The van der Waals surface area contributed by atoms with Crippen LogP contribution >= 0.6 is 11.8 Å². The first-order valence-electron chi connectivity index (χ1n) is 6.33. The summed E-state index contributed by atoms with van der Waals surface area (Å²) >= 11 is 1.57. The van der Waals surface area contributed by atoms with E-state index in [2.05, 4.69) is 27.1 Å². The summed E-state index contributed by atoms with van der Waals surface area (Å²) in [6.07, 6.45) is 3.05. The van der Waals surface area contributed by atoms with Crippen LogP contribution in [0.4, 0.5) is 11.6 Å². The van der Waals surface area contributed by atoms with Gasteiger partial charge in [-0.1, -0.05) is 11.8 Å². The van der Waals surface area contributed by atoms with E-state index in [4.69, 9.17) is 4.74 Å². The summed E-state index contributed by atoms with van der Waals surface area (Å²) in [7, 11) is 0. The third kappa shape index (κ3) is 3.49. The lowest BCUT2D eigenvalue weighted by Gasteiger charge is -2.21. The SMILES string of the molecule is CCNc1cc(N2CCCOCC2)nc(SC)n1. The lowest BCUT2D eigenvalue weighted by Crippen LogP contribution is -2.27. The van der Waals surface area contributed by atoms with Gasteiger partial charge in [-0.15, -0.1) is 0 Å². The van der Waals surface area contributed by atoms with E-state index >= 15 is 0 Å². The van der Waals surface area contributed by atoms with Gasteiger partial charge in [0.15, 0.2) is 5.16 Å². The average Bonchev–Trinajstić information content (AvgIpc) is 2.67. The second kappa shape index (κ2) is 6.80. The molecule has 0 bridgehead atoms. The van der Waals surface area contributed by atoms with Crippen LogP contribution in [0.25, 0.3) is 0 Å². The fraction of sp³-hybridized carbons (Fsp3) is 0.667. The maximum Gasteiger partial charge on any atom is 0.191 e. The van der Waals surface area contributed by atoms with Crippen LogP contribution in [0.15, 0.2) is 11.2 Å². The number of nitrogens with one attached hydrogen (secondary N) is 1. The zero-order valence-electron chi connectivity index (χ0n) is 11.0. The Balaban J connectivity index is 2.21. The molecule has 1 N–H and O–H groups in total. The van der Waals surface area contributed by atoms with Crippen molar-refractivity contribution in [3.63, 3.8) is 0 Å². The normalized spacial score (nSPS) is 16.4. The Morgan fingerprint density at radius 3 is 3.06 bits per heavy atom. The smallest absolute Gasteiger partial charge is 0.191 e. The van der Waals surface area contributed by atoms with Crippen LogP contribution in [0, 0.1) is 0 Å². The van der Waals surface area contributed by atoms with Gasteiger partial charge in [-0.3, -0.25) is 0 Å². The standard InChI is InChI=1S/C12H20N4OS/c1-3-13-10-9-11(15-12(14-10)18-2)16-5-4-7-17-8-6-16/h9H,3-8H2,1-2H3,(H,13,14,15). The minimum atomic E-state index is 0.773. The lowest BCUT2D eigenvalue weighted by molar-refractivity contribution is 0.152. The fourth-order valence-electron chi connectivity index (χ4n) is 1.91. The molecular weight excluding hydrogens is 248 g/mol. The van der Waals surface area contributed by atoms with Crippen molar-refractivity contribution in [1.82, 2.24) is 9.97 Å². The molecule has 5 nitrogen and oxygen atoms in total. The Labute approximate surface area is 112 Å². The molecule has 1 aromatic rings. The average molecular weight is 268 g/mol. The Morgan fingerprint density at radius 1 is 1.39 bits per heavy atom. The summed E-state index contributed by atoms with van der Waals surface area (Å²) in [4.78, 5) is 11.3. The van der Waals surface area contributed by atoms with Crippen molar-refractivity contribution in [2.45, 2.75) is 18.5 Å². The molecule has 0 aromatic carbocycles. The molecule has 100 valence electrons. The van der Waals surface area contributed by atoms with Gasteiger partial charge in [0.1, 0.15) is 11.6 Å². The third-order valence-corrected chi connectivity index (χ3v) is 3.33. The first-order valence-corrected chi connectivity index (χ1v) is 7.55. The number of hydrogen-bond donors (Lipinski definition) is 1. The van der Waals surface area contributed by atoms with Crippen LogP contribution in [0.1, 0.15) is 13.3 Å². The van der Waals surface area contributed by atoms with E-state index in [1.54, 1.807) is 11.8 Å². The topological polar surface area (TPSA) is 50.3 Å². The number of nitrogens with zero attached hydrogens (tertiary/aromatic N) is 3. The van der Waals surface area contributed by atoms with Crippen molar-refractivity contribution in [3.8, 4) is 0 Å². The van der Waals surface area contributed by atoms with Crippen molar-refractivity contribution in [1.29, 1.82) is 0 Å². The minimum Gasteiger partial charge on any atom is -0.380 e. The summed E-state index contributed by atoms with van der Waals surface area (Å²) in [6.45, 7) is 6.45. The second-order valence-electron chi connectivity index (χ2n) is 4.08. The Kier molecular flexibility index (Phi) is 5.07. The molecule has 2 heterocycles. The van der Waals surface area contributed by atoms with Gasteiger partial charge >= 0.3 is 0 Å². The quantitative estimate of drug-likeness (QED) is 0.664. The minimum absolute atomic E-state index is 0.773. The van der Waals surface area contributed by atoms with Gasteiger partial charge in [-0.2, -0.15) is 0 Å². The number of aromatic nitrogens is 2. The Morgan fingerprint density at radius 2 is 2.28 bits per heavy atom. The number of rotatable bonds is 4. The molecular formula is C12H20N4OS. The van der Waals surface area contributed by atoms with Crippen LogP contribution < -0.4 is 10.2 Å². The summed E-state index contributed by atoms with van der Waals surface area (Å²) in [6, 6.07) is 2.02. The molecule has 1 aliphatic heterocycles. The van der Waals surface area contributed by atoms with E-state index in [-0.39, 0.29) is 0 Å². The number of thioether (sulfide) groups is 1. The highest BCUT2D eigenvalue weighted by molar-refractivity contribution is 7.98. The van der Waals surface area contributed by atoms with E-state index in [9.17, 15) is 0 Å². The van der Waals surface area contributed by atoms with Crippen LogP contribution in [0.2, 0.25) is 0 Å². The maximum absolute atomic E-state index is 5.47. The Bertz CT molecular complexity index is 380. The van der Waals surface area contributed by atoms with Crippen LogP contribution in [0.3, 0.4) is 0 Å². The van der Waals surface area contributed by atoms with E-state index in [1.807, 2.05) is 12.3 Å². The highest BCUT2D eigenvalue weighted by Gasteiger charge is 2.13. The summed E-state index contributed by atoms with van der Waals surface area (Å²) in [5.41, 5.74) is 0. The largest absolute Gasteiger partial charge is 0.380 e. The predicted octanol–water partition coefficient (Wildman–Crippen LogP) is 1.86. The van der Waals surface area contributed by atoms with Gasteiger partial charge in [0.25, 0.3) is 0 Å². The van der Waals surface area contributed by atoms with Gasteiger partial charge in [0.05, 0.1) is 6.61 Å². The van der Waals surface area contributed by atoms with Crippen molar-refractivity contribution in [2.24, 2.45) is 0 Å². The zero-order chi connectivity index (χ0) is 12.8. The molecule has 0 radical (unpaired) electrons. The Hall–Kier alpha value is -1.01. The summed E-state index contributed by atoms with van der Waals surface area (Å²) in [5.74, 6) is 1.90. The maximum atomic E-state index is 5.47. The van der Waals surface area contributed by atoms with Crippen molar-refractivity contribution < 1.29 is 4.74 Å². The highest BCUT2D eigenvalue weighted by atomic mass is 32.2. The fourth-order valence-corrected chi connectivity index (χ4v) is 2.29. The molecule has 6 heteroatoms. The molecule has 1 fully saturated rings. The van der Waals surface area contributed by atoms with Crippen molar-refractivity contribution in [3.05, 3.63) is 6.07 Å². The molecule has 0 amide bonds. The van der Waals surface area contributed by atoms with Gasteiger partial charge in [0.2, 0.25) is 0 Å².